The molecule has 3 nitrogen and oxygen atoms in total. The van der Waals surface area contributed by atoms with Crippen molar-refractivity contribution in [3.63, 3.8) is 0 Å². The summed E-state index contributed by atoms with van der Waals surface area (Å²) in [6.07, 6.45) is -5.10. The summed E-state index contributed by atoms with van der Waals surface area (Å²) in [5, 5.41) is 9.13. The van der Waals surface area contributed by atoms with Crippen LogP contribution in [-0.2, 0) is 6.18 Å². The lowest BCUT2D eigenvalue weighted by Gasteiger charge is -2.19. The van der Waals surface area contributed by atoms with Gasteiger partial charge in [-0.2, -0.15) is 13.2 Å². The van der Waals surface area contributed by atoms with Crippen molar-refractivity contribution in [3.8, 4) is 0 Å². The Bertz CT molecular complexity index is 412. The summed E-state index contributed by atoms with van der Waals surface area (Å²) >= 11 is 0. The third-order valence-electron chi connectivity index (χ3n) is 2.34. The van der Waals surface area contributed by atoms with Gasteiger partial charge in [0.2, 0.25) is 0 Å². The second kappa shape index (κ2) is 5.39. The molecule has 1 aromatic carbocycles. The van der Waals surface area contributed by atoms with Gasteiger partial charge in [-0.25, -0.2) is 0 Å². The summed E-state index contributed by atoms with van der Waals surface area (Å²) in [5.41, 5.74) is -0.636. The van der Waals surface area contributed by atoms with E-state index in [0.717, 1.165) is 24.3 Å². The molecule has 1 unspecified atom stereocenters. The zero-order valence-electron chi connectivity index (χ0n) is 10.0. The van der Waals surface area contributed by atoms with Crippen molar-refractivity contribution >= 4 is 5.91 Å². The van der Waals surface area contributed by atoms with E-state index in [0.29, 0.717) is 0 Å². The van der Waals surface area contributed by atoms with Gasteiger partial charge in [0.15, 0.2) is 0 Å². The van der Waals surface area contributed by atoms with E-state index in [1.807, 2.05) is 0 Å². The van der Waals surface area contributed by atoms with Gasteiger partial charge in [-0.05, 0) is 31.2 Å². The van der Waals surface area contributed by atoms with Crippen LogP contribution in [0.5, 0.6) is 0 Å². The first-order valence-electron chi connectivity index (χ1n) is 5.32. The quantitative estimate of drug-likeness (QED) is 0.905. The summed E-state index contributed by atoms with van der Waals surface area (Å²) in [5.74, 6) is -0.426. The first kappa shape index (κ1) is 14.5. The van der Waals surface area contributed by atoms with E-state index in [-0.39, 0.29) is 12.1 Å². The molecule has 100 valence electrons. The molecule has 1 rings (SSSR count). The molecule has 1 aromatic rings. The molecule has 0 bridgehead atoms. The van der Waals surface area contributed by atoms with Crippen molar-refractivity contribution in [2.24, 2.45) is 0 Å². The van der Waals surface area contributed by atoms with Gasteiger partial charge in [0.1, 0.15) is 0 Å². The van der Waals surface area contributed by atoms with Gasteiger partial charge >= 0.3 is 6.18 Å². The maximum atomic E-state index is 12.3. The van der Waals surface area contributed by atoms with Gasteiger partial charge < -0.3 is 10.0 Å². The van der Waals surface area contributed by atoms with Crippen molar-refractivity contribution in [1.29, 1.82) is 0 Å². The largest absolute Gasteiger partial charge is 0.416 e. The number of likely N-dealkylation sites (N-methyl/N-ethyl adjacent to an activating group) is 1. The third kappa shape index (κ3) is 3.73. The van der Waals surface area contributed by atoms with Crippen molar-refractivity contribution in [2.45, 2.75) is 19.2 Å². The summed E-state index contributed by atoms with van der Waals surface area (Å²) < 4.78 is 37.0. The summed E-state index contributed by atoms with van der Waals surface area (Å²) in [6, 6.07) is 3.99. The zero-order valence-corrected chi connectivity index (χ0v) is 10.0. The standard InChI is InChI=1S/C12H14F3NO2/c1-8(17)7-16(2)11(18)9-3-5-10(6-4-9)12(13,14)15/h3-6,8,17H,7H2,1-2H3. The molecule has 1 amide bonds. The number of aliphatic hydroxyl groups excluding tert-OH is 1. The molecule has 0 aliphatic heterocycles. The second-order valence-electron chi connectivity index (χ2n) is 4.11. The first-order chi connectivity index (χ1) is 8.21. The molecule has 6 heteroatoms. The van der Waals surface area contributed by atoms with E-state index in [4.69, 9.17) is 5.11 Å². The lowest BCUT2D eigenvalue weighted by atomic mass is 10.1. The predicted octanol–water partition coefficient (Wildman–Crippen LogP) is 2.16. The van der Waals surface area contributed by atoms with E-state index in [2.05, 4.69) is 0 Å². The molecule has 0 aliphatic carbocycles. The Morgan fingerprint density at radius 2 is 1.83 bits per heavy atom. The lowest BCUT2D eigenvalue weighted by Crippen LogP contribution is -2.33. The number of hydrogen-bond acceptors (Lipinski definition) is 2. The smallest absolute Gasteiger partial charge is 0.392 e. The Hall–Kier alpha value is -1.56. The number of nitrogens with zero attached hydrogens (tertiary/aromatic N) is 1. The Balaban J connectivity index is 2.82. The van der Waals surface area contributed by atoms with Gasteiger partial charge in [0.05, 0.1) is 11.7 Å². The minimum atomic E-state index is -4.41. The van der Waals surface area contributed by atoms with Crippen LogP contribution >= 0.6 is 0 Å². The van der Waals surface area contributed by atoms with Gasteiger partial charge in [-0.15, -0.1) is 0 Å². The minimum absolute atomic E-state index is 0.125. The fourth-order valence-electron chi connectivity index (χ4n) is 1.50. The number of halogens is 3. The van der Waals surface area contributed by atoms with E-state index in [9.17, 15) is 18.0 Å². The molecule has 0 heterocycles. The fraction of sp³-hybridized carbons (Fsp3) is 0.417. The van der Waals surface area contributed by atoms with E-state index < -0.39 is 23.8 Å². The SMILES string of the molecule is CC(O)CN(C)C(=O)c1ccc(C(F)(F)F)cc1. The average Bonchev–Trinajstić information content (AvgIpc) is 2.26. The summed E-state index contributed by atoms with van der Waals surface area (Å²) in [4.78, 5) is 13.0. The fourth-order valence-corrected chi connectivity index (χ4v) is 1.50. The predicted molar refractivity (Wildman–Crippen MR) is 60.1 cm³/mol. The van der Waals surface area contributed by atoms with Gasteiger partial charge in [-0.3, -0.25) is 4.79 Å². The molecule has 1 N–H and O–H groups in total. The first-order valence-corrected chi connectivity index (χ1v) is 5.32. The number of aliphatic hydroxyl groups is 1. The summed E-state index contributed by atoms with van der Waals surface area (Å²) in [7, 11) is 1.48. The van der Waals surface area contributed by atoms with E-state index >= 15 is 0 Å². The number of amides is 1. The van der Waals surface area contributed by atoms with Crippen LogP contribution in [0.25, 0.3) is 0 Å². The highest BCUT2D eigenvalue weighted by Gasteiger charge is 2.30. The summed E-state index contributed by atoms with van der Waals surface area (Å²) in [6.45, 7) is 1.65. The van der Waals surface area contributed by atoms with Gasteiger partial charge in [0.25, 0.3) is 5.91 Å². The number of carbonyl (C=O) groups excluding carboxylic acids is 1. The number of hydrogen-bond donors (Lipinski definition) is 1. The molecular weight excluding hydrogens is 247 g/mol. The number of benzene rings is 1. The average molecular weight is 261 g/mol. The molecule has 0 saturated carbocycles. The number of alkyl halides is 3. The molecule has 0 radical (unpaired) electrons. The van der Waals surface area contributed by atoms with Crippen LogP contribution in [0.4, 0.5) is 13.2 Å². The Labute approximate surface area is 103 Å². The van der Waals surface area contributed by atoms with Gasteiger partial charge in [0, 0.05) is 19.2 Å². The molecule has 0 fully saturated rings. The molecule has 18 heavy (non-hydrogen) atoms. The minimum Gasteiger partial charge on any atom is -0.392 e. The van der Waals surface area contributed by atoms with Crippen molar-refractivity contribution in [2.75, 3.05) is 13.6 Å². The maximum Gasteiger partial charge on any atom is 0.416 e. The molecular formula is C12H14F3NO2. The Kier molecular flexibility index (Phi) is 4.34. The van der Waals surface area contributed by atoms with Crippen molar-refractivity contribution in [3.05, 3.63) is 35.4 Å². The van der Waals surface area contributed by atoms with Crippen LogP contribution in [0.15, 0.2) is 24.3 Å². The topological polar surface area (TPSA) is 40.5 Å². The number of carbonyl (C=O) groups is 1. The van der Waals surface area contributed by atoms with E-state index in [1.54, 1.807) is 0 Å². The highest BCUT2D eigenvalue weighted by atomic mass is 19.4. The monoisotopic (exact) mass is 261 g/mol. The highest BCUT2D eigenvalue weighted by molar-refractivity contribution is 5.94. The normalized spacial score (nSPS) is 13.2. The second-order valence-corrected chi connectivity index (χ2v) is 4.11. The van der Waals surface area contributed by atoms with Crippen LogP contribution in [0, 0.1) is 0 Å². The maximum absolute atomic E-state index is 12.3. The highest BCUT2D eigenvalue weighted by Crippen LogP contribution is 2.29. The lowest BCUT2D eigenvalue weighted by molar-refractivity contribution is -0.137. The molecule has 1 atom stereocenters. The Morgan fingerprint density at radius 3 is 2.22 bits per heavy atom. The van der Waals surface area contributed by atoms with Crippen LogP contribution in [0.1, 0.15) is 22.8 Å². The molecule has 0 saturated heterocycles. The third-order valence-corrected chi connectivity index (χ3v) is 2.34. The van der Waals surface area contributed by atoms with E-state index in [1.165, 1.54) is 18.9 Å². The van der Waals surface area contributed by atoms with Crippen LogP contribution in [0.3, 0.4) is 0 Å². The van der Waals surface area contributed by atoms with Gasteiger partial charge in [-0.1, -0.05) is 0 Å². The van der Waals surface area contributed by atoms with Crippen LogP contribution in [-0.4, -0.2) is 35.6 Å². The zero-order chi connectivity index (χ0) is 13.9. The van der Waals surface area contributed by atoms with Crippen LogP contribution in [0.2, 0.25) is 0 Å². The van der Waals surface area contributed by atoms with Crippen molar-refractivity contribution in [1.82, 2.24) is 4.90 Å². The molecule has 0 aromatic heterocycles. The van der Waals surface area contributed by atoms with Crippen molar-refractivity contribution < 1.29 is 23.1 Å². The number of rotatable bonds is 3. The molecule has 0 aliphatic rings. The Morgan fingerprint density at radius 1 is 1.33 bits per heavy atom. The van der Waals surface area contributed by atoms with Crippen LogP contribution < -0.4 is 0 Å². The molecule has 0 spiro atoms.